The lowest BCUT2D eigenvalue weighted by Gasteiger charge is -2.14. The summed E-state index contributed by atoms with van der Waals surface area (Å²) in [6.07, 6.45) is 4.80. The Morgan fingerprint density at radius 1 is 1.39 bits per heavy atom. The molecule has 3 N–H and O–H groups in total. The van der Waals surface area contributed by atoms with Crippen molar-refractivity contribution in [1.29, 1.82) is 0 Å². The third kappa shape index (κ3) is 2.79. The van der Waals surface area contributed by atoms with Gasteiger partial charge in [-0.05, 0) is 19.2 Å². The molecule has 0 radical (unpaired) electrons. The number of hydrazine groups is 1. The first-order valence-corrected chi connectivity index (χ1v) is 5.47. The lowest BCUT2D eigenvalue weighted by atomic mass is 10.2. The van der Waals surface area contributed by atoms with E-state index in [-0.39, 0.29) is 5.76 Å². The predicted octanol–water partition coefficient (Wildman–Crippen LogP) is 1.11. The molecule has 0 saturated heterocycles. The summed E-state index contributed by atoms with van der Waals surface area (Å²) in [6, 6.07) is 3.66. The summed E-state index contributed by atoms with van der Waals surface area (Å²) in [5, 5.41) is 0. The van der Waals surface area contributed by atoms with Crippen LogP contribution in [0.25, 0.3) is 0 Å². The molecule has 96 valence electrons. The van der Waals surface area contributed by atoms with Crippen LogP contribution in [0.2, 0.25) is 0 Å². The molecule has 18 heavy (non-hydrogen) atoms. The van der Waals surface area contributed by atoms with Gasteiger partial charge in [0.2, 0.25) is 0 Å². The SMILES string of the molecule is CN(Cc1ccoc1)Cc1ccoc1C(=O)NN. The zero-order valence-electron chi connectivity index (χ0n) is 10.1. The number of hydrogen-bond acceptors (Lipinski definition) is 5. The molecule has 2 aromatic heterocycles. The highest BCUT2D eigenvalue weighted by molar-refractivity contribution is 5.92. The van der Waals surface area contributed by atoms with E-state index in [1.54, 1.807) is 18.6 Å². The van der Waals surface area contributed by atoms with Crippen LogP contribution < -0.4 is 11.3 Å². The second-order valence-corrected chi connectivity index (χ2v) is 4.05. The Morgan fingerprint density at radius 2 is 2.22 bits per heavy atom. The summed E-state index contributed by atoms with van der Waals surface area (Å²) in [6.45, 7) is 1.32. The molecule has 6 heteroatoms. The summed E-state index contributed by atoms with van der Waals surface area (Å²) < 4.78 is 10.1. The van der Waals surface area contributed by atoms with Crippen molar-refractivity contribution in [2.75, 3.05) is 7.05 Å². The molecule has 0 spiro atoms. The molecule has 0 saturated carbocycles. The van der Waals surface area contributed by atoms with Crippen LogP contribution >= 0.6 is 0 Å². The minimum absolute atomic E-state index is 0.247. The maximum absolute atomic E-state index is 11.4. The van der Waals surface area contributed by atoms with Crippen molar-refractivity contribution in [1.82, 2.24) is 10.3 Å². The summed E-state index contributed by atoms with van der Waals surface area (Å²) in [5.74, 6) is 4.91. The van der Waals surface area contributed by atoms with Gasteiger partial charge in [0.1, 0.15) is 0 Å². The predicted molar refractivity (Wildman–Crippen MR) is 64.2 cm³/mol. The molecule has 1 amide bonds. The van der Waals surface area contributed by atoms with E-state index in [1.807, 2.05) is 18.0 Å². The maximum atomic E-state index is 11.4. The highest BCUT2D eigenvalue weighted by Crippen LogP contribution is 2.14. The Balaban J connectivity index is 2.01. The fourth-order valence-corrected chi connectivity index (χ4v) is 1.77. The van der Waals surface area contributed by atoms with Crippen LogP contribution in [0, 0.1) is 0 Å². The van der Waals surface area contributed by atoms with E-state index in [9.17, 15) is 4.79 Å². The van der Waals surface area contributed by atoms with Crippen LogP contribution in [-0.2, 0) is 13.1 Å². The molecule has 0 bridgehead atoms. The van der Waals surface area contributed by atoms with Gasteiger partial charge in [0.25, 0.3) is 0 Å². The zero-order valence-corrected chi connectivity index (χ0v) is 10.1. The van der Waals surface area contributed by atoms with E-state index in [0.717, 1.165) is 17.7 Å². The van der Waals surface area contributed by atoms with Crippen LogP contribution in [0.15, 0.2) is 39.8 Å². The molecule has 0 aliphatic carbocycles. The average Bonchev–Trinajstić information content (AvgIpc) is 2.99. The highest BCUT2D eigenvalue weighted by Gasteiger charge is 2.15. The van der Waals surface area contributed by atoms with Gasteiger partial charge in [0.15, 0.2) is 5.76 Å². The van der Waals surface area contributed by atoms with Crippen molar-refractivity contribution >= 4 is 5.91 Å². The Kier molecular flexibility index (Phi) is 3.81. The molecule has 0 unspecified atom stereocenters. The van der Waals surface area contributed by atoms with Crippen LogP contribution in [0.1, 0.15) is 21.7 Å². The number of rotatable bonds is 5. The molecule has 6 nitrogen and oxygen atoms in total. The topological polar surface area (TPSA) is 84.6 Å². The quantitative estimate of drug-likeness (QED) is 0.471. The lowest BCUT2D eigenvalue weighted by molar-refractivity contribution is 0.0923. The number of carbonyl (C=O) groups excluding carboxylic acids is 1. The van der Waals surface area contributed by atoms with E-state index in [0.29, 0.717) is 6.54 Å². The largest absolute Gasteiger partial charge is 0.472 e. The van der Waals surface area contributed by atoms with Gasteiger partial charge in [0.05, 0.1) is 18.8 Å². The number of nitrogens with zero attached hydrogens (tertiary/aromatic N) is 1. The van der Waals surface area contributed by atoms with Crippen LogP contribution in [0.3, 0.4) is 0 Å². The van der Waals surface area contributed by atoms with E-state index in [4.69, 9.17) is 14.7 Å². The minimum atomic E-state index is -0.424. The van der Waals surface area contributed by atoms with Crippen molar-refractivity contribution in [2.24, 2.45) is 5.84 Å². The Bertz CT molecular complexity index is 504. The van der Waals surface area contributed by atoms with Crippen molar-refractivity contribution in [3.63, 3.8) is 0 Å². The maximum Gasteiger partial charge on any atom is 0.301 e. The van der Waals surface area contributed by atoms with E-state index in [2.05, 4.69) is 5.43 Å². The molecule has 0 aliphatic heterocycles. The zero-order chi connectivity index (χ0) is 13.0. The number of nitrogen functional groups attached to an aromatic ring is 1. The highest BCUT2D eigenvalue weighted by atomic mass is 16.3. The van der Waals surface area contributed by atoms with Gasteiger partial charge in [-0.3, -0.25) is 15.1 Å². The monoisotopic (exact) mass is 249 g/mol. The number of hydrogen-bond donors (Lipinski definition) is 2. The molecule has 2 aromatic rings. The van der Waals surface area contributed by atoms with E-state index >= 15 is 0 Å². The molecule has 0 atom stereocenters. The fraction of sp³-hybridized carbons (Fsp3) is 0.250. The molecular weight excluding hydrogens is 234 g/mol. The van der Waals surface area contributed by atoms with Gasteiger partial charge in [-0.2, -0.15) is 0 Å². The third-order valence-electron chi connectivity index (χ3n) is 2.56. The van der Waals surface area contributed by atoms with Gasteiger partial charge < -0.3 is 8.83 Å². The summed E-state index contributed by atoms with van der Waals surface area (Å²) in [7, 11) is 1.95. The number of carbonyl (C=O) groups is 1. The van der Waals surface area contributed by atoms with Crippen molar-refractivity contribution < 1.29 is 13.6 Å². The number of amides is 1. The molecular formula is C12H15N3O3. The van der Waals surface area contributed by atoms with Crippen LogP contribution in [-0.4, -0.2) is 17.9 Å². The second-order valence-electron chi connectivity index (χ2n) is 4.05. The van der Waals surface area contributed by atoms with Crippen molar-refractivity contribution in [3.05, 3.63) is 47.8 Å². The van der Waals surface area contributed by atoms with Crippen molar-refractivity contribution in [3.8, 4) is 0 Å². The number of furan rings is 2. The standard InChI is InChI=1S/C12H15N3O3/c1-15(6-9-2-4-17-8-9)7-10-3-5-18-11(10)12(16)14-13/h2-5,8H,6-7,13H2,1H3,(H,14,16). The minimum Gasteiger partial charge on any atom is -0.472 e. The first-order chi connectivity index (χ1) is 8.70. The Morgan fingerprint density at radius 3 is 2.89 bits per heavy atom. The first kappa shape index (κ1) is 12.4. The van der Waals surface area contributed by atoms with E-state index in [1.165, 1.54) is 6.26 Å². The second kappa shape index (κ2) is 5.52. The van der Waals surface area contributed by atoms with Gasteiger partial charge >= 0.3 is 5.91 Å². The van der Waals surface area contributed by atoms with Gasteiger partial charge in [0, 0.05) is 24.2 Å². The van der Waals surface area contributed by atoms with Gasteiger partial charge in [-0.1, -0.05) is 0 Å². The fourth-order valence-electron chi connectivity index (χ4n) is 1.77. The summed E-state index contributed by atoms with van der Waals surface area (Å²) in [5.41, 5.74) is 3.93. The third-order valence-corrected chi connectivity index (χ3v) is 2.56. The van der Waals surface area contributed by atoms with E-state index < -0.39 is 5.91 Å². The lowest BCUT2D eigenvalue weighted by Crippen LogP contribution is -2.31. The molecule has 0 fully saturated rings. The molecule has 0 aromatic carbocycles. The average molecular weight is 249 g/mol. The summed E-state index contributed by atoms with van der Waals surface area (Å²) in [4.78, 5) is 13.5. The first-order valence-electron chi connectivity index (χ1n) is 5.47. The molecule has 0 aliphatic rings. The molecule has 2 heterocycles. The number of nitrogens with two attached hydrogens (primary N) is 1. The van der Waals surface area contributed by atoms with Gasteiger partial charge in [-0.25, -0.2) is 5.84 Å². The Hall–Kier alpha value is -2.05. The molecule has 2 rings (SSSR count). The van der Waals surface area contributed by atoms with Gasteiger partial charge in [-0.15, -0.1) is 0 Å². The Labute approximate surface area is 104 Å². The van der Waals surface area contributed by atoms with Crippen LogP contribution in [0.5, 0.6) is 0 Å². The normalized spacial score (nSPS) is 10.8. The smallest absolute Gasteiger partial charge is 0.301 e. The number of nitrogens with one attached hydrogen (secondary N) is 1. The van der Waals surface area contributed by atoms with Crippen LogP contribution in [0.4, 0.5) is 0 Å². The van der Waals surface area contributed by atoms with Crippen molar-refractivity contribution in [2.45, 2.75) is 13.1 Å². The summed E-state index contributed by atoms with van der Waals surface area (Å²) >= 11 is 0.